The zero-order valence-electron chi connectivity index (χ0n) is 11.2. The lowest BCUT2D eigenvalue weighted by atomic mass is 9.75. The predicted octanol–water partition coefficient (Wildman–Crippen LogP) is 2.26. The lowest BCUT2D eigenvalue weighted by Crippen LogP contribution is -2.54. The summed E-state index contributed by atoms with van der Waals surface area (Å²) >= 11 is 0. The van der Waals surface area contributed by atoms with Crippen LogP contribution in [-0.2, 0) is 12.0 Å². The second kappa shape index (κ2) is 4.01. The first kappa shape index (κ1) is 11.6. The Balaban J connectivity index is 2.12. The first-order chi connectivity index (χ1) is 8.65. The molecule has 0 fully saturated rings. The maximum atomic E-state index is 6.12. The number of guanidine groups is 1. The summed E-state index contributed by atoms with van der Waals surface area (Å²) in [4.78, 5) is 6.86. The molecule has 0 amide bonds. The molecule has 1 heterocycles. The highest BCUT2D eigenvalue weighted by molar-refractivity contribution is 5.82. The van der Waals surface area contributed by atoms with E-state index in [1.54, 1.807) is 0 Å². The van der Waals surface area contributed by atoms with Crippen molar-refractivity contribution in [3.8, 4) is 0 Å². The molecule has 3 nitrogen and oxygen atoms in total. The zero-order valence-corrected chi connectivity index (χ0v) is 11.2. The van der Waals surface area contributed by atoms with E-state index in [1.165, 1.54) is 24.0 Å². The van der Waals surface area contributed by atoms with Crippen molar-refractivity contribution in [1.29, 1.82) is 0 Å². The molecule has 2 N–H and O–H groups in total. The van der Waals surface area contributed by atoms with Gasteiger partial charge in [0, 0.05) is 6.04 Å². The van der Waals surface area contributed by atoms with Crippen LogP contribution in [-0.4, -0.2) is 23.4 Å². The van der Waals surface area contributed by atoms with Gasteiger partial charge in [-0.3, -0.25) is 4.99 Å². The van der Waals surface area contributed by atoms with Crippen LogP contribution in [0.25, 0.3) is 0 Å². The van der Waals surface area contributed by atoms with Crippen LogP contribution in [0.1, 0.15) is 37.8 Å². The normalized spacial score (nSPS) is 26.6. The maximum Gasteiger partial charge on any atom is 0.192 e. The van der Waals surface area contributed by atoms with Crippen LogP contribution in [0.3, 0.4) is 0 Å². The van der Waals surface area contributed by atoms with Gasteiger partial charge in [0.2, 0.25) is 0 Å². The maximum absolute atomic E-state index is 6.12. The van der Waals surface area contributed by atoms with E-state index in [-0.39, 0.29) is 5.54 Å². The summed E-state index contributed by atoms with van der Waals surface area (Å²) in [7, 11) is 0. The molecule has 0 saturated heterocycles. The molecule has 2 aliphatic rings. The number of nitrogens with zero attached hydrogens (tertiary/aromatic N) is 2. The summed E-state index contributed by atoms with van der Waals surface area (Å²) < 4.78 is 0. The van der Waals surface area contributed by atoms with Crippen molar-refractivity contribution in [3.05, 3.63) is 35.4 Å². The van der Waals surface area contributed by atoms with Gasteiger partial charge in [-0.05, 0) is 44.2 Å². The van der Waals surface area contributed by atoms with Crippen molar-refractivity contribution in [3.63, 3.8) is 0 Å². The molecule has 1 aliphatic carbocycles. The Morgan fingerprint density at radius 2 is 2.11 bits per heavy atom. The van der Waals surface area contributed by atoms with Gasteiger partial charge in [-0.2, -0.15) is 0 Å². The summed E-state index contributed by atoms with van der Waals surface area (Å²) in [5, 5.41) is 0. The van der Waals surface area contributed by atoms with Gasteiger partial charge in [-0.15, -0.1) is 0 Å². The van der Waals surface area contributed by atoms with Gasteiger partial charge >= 0.3 is 0 Å². The van der Waals surface area contributed by atoms with Crippen LogP contribution >= 0.6 is 0 Å². The summed E-state index contributed by atoms with van der Waals surface area (Å²) in [6, 6.07) is 9.18. The second-order valence-electron chi connectivity index (χ2n) is 5.68. The fraction of sp³-hybridized carbons (Fsp3) is 0.533. The average Bonchev–Trinajstić information content (AvgIpc) is 2.68. The van der Waals surface area contributed by atoms with E-state index in [4.69, 9.17) is 5.73 Å². The zero-order chi connectivity index (χ0) is 12.8. The molecule has 3 heteroatoms. The highest BCUT2D eigenvalue weighted by atomic mass is 15.4. The Kier molecular flexibility index (Phi) is 2.58. The van der Waals surface area contributed by atoms with Crippen molar-refractivity contribution >= 4 is 5.96 Å². The number of rotatable bonds is 1. The third kappa shape index (κ3) is 1.46. The van der Waals surface area contributed by atoms with Gasteiger partial charge in [0.15, 0.2) is 5.96 Å². The Labute approximate surface area is 109 Å². The average molecular weight is 243 g/mol. The Hall–Kier alpha value is -1.51. The van der Waals surface area contributed by atoms with E-state index in [0.717, 1.165) is 13.0 Å². The molecule has 0 aromatic heterocycles. The Bertz CT molecular complexity index is 492. The van der Waals surface area contributed by atoms with Gasteiger partial charge in [0.05, 0.1) is 12.1 Å². The van der Waals surface area contributed by atoms with E-state index in [9.17, 15) is 0 Å². The summed E-state index contributed by atoms with van der Waals surface area (Å²) in [6.45, 7) is 5.22. The SMILES string of the molecule is CC(C)N1C(N)=NCC12CCCc1ccccc12. The lowest BCUT2D eigenvalue weighted by molar-refractivity contribution is 0.141. The summed E-state index contributed by atoms with van der Waals surface area (Å²) in [5.74, 6) is 0.710. The third-order valence-electron chi connectivity index (χ3n) is 4.28. The molecule has 96 valence electrons. The fourth-order valence-electron chi connectivity index (χ4n) is 3.65. The molecule has 0 bridgehead atoms. The summed E-state index contributed by atoms with van der Waals surface area (Å²) in [5.41, 5.74) is 9.05. The molecule has 3 rings (SSSR count). The quantitative estimate of drug-likeness (QED) is 0.822. The number of benzene rings is 1. The van der Waals surface area contributed by atoms with Crippen LogP contribution in [0.15, 0.2) is 29.3 Å². The van der Waals surface area contributed by atoms with Gasteiger partial charge < -0.3 is 10.6 Å². The topological polar surface area (TPSA) is 41.6 Å². The fourth-order valence-corrected chi connectivity index (χ4v) is 3.65. The number of aryl methyl sites for hydroxylation is 1. The van der Waals surface area contributed by atoms with Crippen LogP contribution in [0, 0.1) is 0 Å². The lowest BCUT2D eigenvalue weighted by Gasteiger charge is -2.45. The Morgan fingerprint density at radius 1 is 1.33 bits per heavy atom. The summed E-state index contributed by atoms with van der Waals surface area (Å²) in [6.07, 6.45) is 3.57. The molecule has 0 radical (unpaired) electrons. The van der Waals surface area contributed by atoms with Crippen LogP contribution in [0.2, 0.25) is 0 Å². The molecule has 1 unspecified atom stereocenters. The smallest absolute Gasteiger partial charge is 0.192 e. The van der Waals surface area contributed by atoms with Crippen LogP contribution in [0.4, 0.5) is 0 Å². The van der Waals surface area contributed by atoms with E-state index in [0.29, 0.717) is 12.0 Å². The van der Waals surface area contributed by atoms with Crippen molar-refractivity contribution in [2.24, 2.45) is 10.7 Å². The van der Waals surface area contributed by atoms with Gasteiger partial charge in [0.25, 0.3) is 0 Å². The largest absolute Gasteiger partial charge is 0.370 e. The van der Waals surface area contributed by atoms with Gasteiger partial charge in [-0.1, -0.05) is 24.3 Å². The minimum atomic E-state index is 0.0209. The van der Waals surface area contributed by atoms with Crippen LogP contribution < -0.4 is 5.73 Å². The molecular formula is C15H21N3. The Morgan fingerprint density at radius 3 is 2.89 bits per heavy atom. The van der Waals surface area contributed by atoms with Gasteiger partial charge in [0.1, 0.15) is 0 Å². The highest BCUT2D eigenvalue weighted by Crippen LogP contribution is 2.43. The van der Waals surface area contributed by atoms with Gasteiger partial charge in [-0.25, -0.2) is 0 Å². The van der Waals surface area contributed by atoms with E-state index in [1.807, 2.05) is 0 Å². The number of hydrogen-bond acceptors (Lipinski definition) is 3. The van der Waals surface area contributed by atoms with Crippen molar-refractivity contribution < 1.29 is 0 Å². The van der Waals surface area contributed by atoms with E-state index < -0.39 is 0 Å². The number of hydrogen-bond donors (Lipinski definition) is 1. The minimum absolute atomic E-state index is 0.0209. The van der Waals surface area contributed by atoms with Crippen molar-refractivity contribution in [1.82, 2.24) is 4.90 Å². The molecule has 18 heavy (non-hydrogen) atoms. The monoisotopic (exact) mass is 243 g/mol. The molecule has 1 spiro atoms. The van der Waals surface area contributed by atoms with E-state index in [2.05, 4.69) is 48.0 Å². The third-order valence-corrected chi connectivity index (χ3v) is 4.28. The van der Waals surface area contributed by atoms with Crippen molar-refractivity contribution in [2.75, 3.05) is 6.54 Å². The van der Waals surface area contributed by atoms with E-state index >= 15 is 0 Å². The minimum Gasteiger partial charge on any atom is -0.370 e. The number of aliphatic imine (C=N–C) groups is 1. The standard InChI is InChI=1S/C15H21N3/c1-11(2)18-14(16)17-10-15(18)9-5-7-12-6-3-4-8-13(12)15/h3-4,6,8,11H,5,7,9-10H2,1-2H3,(H2,16,17). The first-order valence-electron chi connectivity index (χ1n) is 6.83. The molecule has 1 aromatic rings. The number of nitrogens with two attached hydrogens (primary N) is 1. The molecule has 1 aliphatic heterocycles. The first-order valence-corrected chi connectivity index (χ1v) is 6.83. The molecular weight excluding hydrogens is 222 g/mol. The van der Waals surface area contributed by atoms with Crippen LogP contribution in [0.5, 0.6) is 0 Å². The van der Waals surface area contributed by atoms with Crippen molar-refractivity contribution in [2.45, 2.75) is 44.7 Å². The molecule has 0 saturated carbocycles. The molecule has 1 atom stereocenters. The molecule has 1 aromatic carbocycles. The second-order valence-corrected chi connectivity index (χ2v) is 5.68. The number of fused-ring (bicyclic) bond motifs is 2. The predicted molar refractivity (Wildman–Crippen MR) is 74.5 cm³/mol. The highest BCUT2D eigenvalue weighted by Gasteiger charge is 2.46.